The van der Waals surface area contributed by atoms with Gasteiger partial charge in [0.1, 0.15) is 34.5 Å². The molecule has 0 bridgehead atoms. The Morgan fingerprint density at radius 3 is 1.63 bits per heavy atom. The fourth-order valence-corrected chi connectivity index (χ4v) is 8.79. The summed E-state index contributed by atoms with van der Waals surface area (Å²) >= 11 is 23.5. The van der Waals surface area contributed by atoms with E-state index >= 15 is 0 Å². The number of nitrogens with one attached hydrogen (secondary N) is 1. The number of hydrogen-bond donors (Lipinski definition) is 1. The van der Waals surface area contributed by atoms with Gasteiger partial charge in [0.15, 0.2) is 0 Å². The number of nitrogens with zero attached hydrogens (tertiary/aromatic N) is 2. The standard InChI is InChI=1S/C16H16BrNO4.2C15H11BrClNO2/c1-20-11-5-6-12(16(19)22-3)14(9-11)18-10-4-7-15(21-2)13(17)8-10;1-19-8-3-4-9-12(5-8)18-13-7-11(16)14(20-2)6-10(13)15(9)17;1-19-8-3-4-9-11(7-8)18-10-5-6-12(20-2)14(16)13(10)15(9)17/h4-9,18H,1-3H3;2*3-7H,1-2H3. The fraction of sp³-hybridized carbons (Fsp3) is 0.152. The highest BCUT2D eigenvalue weighted by Gasteiger charge is 2.16. The van der Waals surface area contributed by atoms with E-state index in [1.165, 1.54) is 7.11 Å². The number of anilines is 2. The molecule has 1 N–H and O–H groups in total. The monoisotopic (exact) mass is 1070 g/mol. The lowest BCUT2D eigenvalue weighted by atomic mass is 10.1. The van der Waals surface area contributed by atoms with Gasteiger partial charge in [-0.25, -0.2) is 14.8 Å². The van der Waals surface area contributed by atoms with Gasteiger partial charge in [-0.05, 0) is 127 Å². The molecule has 0 aliphatic heterocycles. The van der Waals surface area contributed by atoms with Gasteiger partial charge in [-0.1, -0.05) is 23.2 Å². The van der Waals surface area contributed by atoms with Gasteiger partial charge < -0.3 is 38.5 Å². The Kier molecular flexibility index (Phi) is 15.5. The van der Waals surface area contributed by atoms with Crippen molar-refractivity contribution in [3.8, 4) is 34.5 Å². The molecule has 0 saturated carbocycles. The SMILES string of the molecule is COC(=O)c1ccc(OC)cc1Nc1ccc(OC)c(Br)c1.COc1ccc2c(Cl)c3c(Br)c(OC)ccc3nc2c1.COc1ccc2c(Cl)c3cc(OC)c(Br)cc3nc2c1. The number of methoxy groups -OCH3 is 7. The van der Waals surface area contributed by atoms with Crippen molar-refractivity contribution in [3.05, 3.63) is 126 Å². The number of carbonyl (C=O) groups is 1. The molecule has 8 aromatic rings. The highest BCUT2D eigenvalue weighted by molar-refractivity contribution is 9.11. The maximum atomic E-state index is 11.9. The molecule has 16 heteroatoms. The highest BCUT2D eigenvalue weighted by Crippen LogP contribution is 2.41. The van der Waals surface area contributed by atoms with Crippen molar-refractivity contribution in [2.75, 3.05) is 55.1 Å². The average Bonchev–Trinajstić information content (AvgIpc) is 3.28. The molecule has 0 amide bonds. The minimum Gasteiger partial charge on any atom is -0.497 e. The van der Waals surface area contributed by atoms with Gasteiger partial charge in [0, 0.05) is 45.4 Å². The van der Waals surface area contributed by atoms with Gasteiger partial charge in [-0.2, -0.15) is 0 Å². The van der Waals surface area contributed by atoms with Crippen molar-refractivity contribution in [1.29, 1.82) is 0 Å². The van der Waals surface area contributed by atoms with E-state index in [-0.39, 0.29) is 0 Å². The number of aromatic nitrogens is 2. The first-order chi connectivity index (χ1) is 29.9. The van der Waals surface area contributed by atoms with Crippen LogP contribution in [-0.2, 0) is 4.74 Å². The molecule has 0 fully saturated rings. The minimum atomic E-state index is -0.419. The number of benzene rings is 6. The van der Waals surface area contributed by atoms with E-state index in [9.17, 15) is 4.79 Å². The van der Waals surface area contributed by atoms with Crippen LogP contribution < -0.4 is 33.7 Å². The van der Waals surface area contributed by atoms with Crippen LogP contribution in [0.25, 0.3) is 43.6 Å². The van der Waals surface area contributed by atoms with Crippen LogP contribution in [0.5, 0.6) is 34.5 Å². The van der Waals surface area contributed by atoms with E-state index < -0.39 is 5.97 Å². The first-order valence-corrected chi connectivity index (χ1v) is 21.5. The van der Waals surface area contributed by atoms with E-state index in [1.807, 2.05) is 78.9 Å². The second kappa shape index (κ2) is 20.7. The zero-order valence-corrected chi connectivity index (χ0v) is 40.6. The van der Waals surface area contributed by atoms with Crippen molar-refractivity contribution >= 4 is 132 Å². The van der Waals surface area contributed by atoms with Gasteiger partial charge in [0.05, 0.1) is 107 Å². The lowest BCUT2D eigenvalue weighted by Gasteiger charge is -2.13. The van der Waals surface area contributed by atoms with Crippen LogP contribution in [0.4, 0.5) is 11.4 Å². The van der Waals surface area contributed by atoms with Crippen molar-refractivity contribution in [2.45, 2.75) is 0 Å². The van der Waals surface area contributed by atoms with Gasteiger partial charge in [0.2, 0.25) is 0 Å². The molecule has 2 heterocycles. The van der Waals surface area contributed by atoms with Crippen molar-refractivity contribution in [2.24, 2.45) is 0 Å². The predicted octanol–water partition coefficient (Wildman–Crippen LogP) is 13.6. The second-order valence-electron chi connectivity index (χ2n) is 13.0. The van der Waals surface area contributed by atoms with Crippen LogP contribution in [0.2, 0.25) is 10.0 Å². The Hall–Kier alpha value is -5.25. The molecule has 0 aliphatic carbocycles. The number of halogens is 5. The fourth-order valence-electron chi connectivity index (χ4n) is 6.29. The Morgan fingerprint density at radius 1 is 0.516 bits per heavy atom. The normalized spacial score (nSPS) is 10.6. The zero-order valence-electron chi connectivity index (χ0n) is 34.3. The van der Waals surface area contributed by atoms with Crippen molar-refractivity contribution in [3.63, 3.8) is 0 Å². The number of hydrogen-bond acceptors (Lipinski definition) is 11. The van der Waals surface area contributed by atoms with Crippen LogP contribution in [0, 0.1) is 0 Å². The van der Waals surface area contributed by atoms with E-state index in [2.05, 4.69) is 63.1 Å². The summed E-state index contributed by atoms with van der Waals surface area (Å²) in [5.41, 5.74) is 5.05. The van der Waals surface area contributed by atoms with Crippen molar-refractivity contribution < 1.29 is 38.0 Å². The number of esters is 1. The average molecular weight is 1070 g/mol. The molecule has 0 atom stereocenters. The number of rotatable bonds is 9. The third-order valence-electron chi connectivity index (χ3n) is 9.46. The third-order valence-corrected chi connectivity index (χ3v) is 12.3. The topological polar surface area (TPSA) is 119 Å². The predicted molar refractivity (Wildman–Crippen MR) is 258 cm³/mol. The molecular weight excluding hydrogens is 1030 g/mol. The molecule has 2 aromatic heterocycles. The summed E-state index contributed by atoms with van der Waals surface area (Å²) in [4.78, 5) is 21.1. The van der Waals surface area contributed by atoms with Gasteiger partial charge in [-0.15, -0.1) is 0 Å². The van der Waals surface area contributed by atoms with Crippen LogP contribution in [-0.4, -0.2) is 65.7 Å². The minimum absolute atomic E-state index is 0.419. The van der Waals surface area contributed by atoms with Gasteiger partial charge >= 0.3 is 5.97 Å². The summed E-state index contributed by atoms with van der Waals surface area (Å²) in [5.74, 6) is 3.92. The molecule has 320 valence electrons. The number of pyridine rings is 2. The summed E-state index contributed by atoms with van der Waals surface area (Å²) in [7, 11) is 11.0. The largest absolute Gasteiger partial charge is 0.497 e. The summed E-state index contributed by atoms with van der Waals surface area (Å²) in [5, 5.41) is 8.00. The Balaban J connectivity index is 0.000000155. The molecule has 0 unspecified atom stereocenters. The lowest BCUT2D eigenvalue weighted by molar-refractivity contribution is 0.0602. The van der Waals surface area contributed by atoms with E-state index in [0.29, 0.717) is 27.0 Å². The van der Waals surface area contributed by atoms with Crippen molar-refractivity contribution in [1.82, 2.24) is 9.97 Å². The molecule has 0 spiro atoms. The number of carbonyl (C=O) groups excluding carboxylic acids is 1. The molecule has 0 radical (unpaired) electrons. The molecule has 0 aliphatic rings. The van der Waals surface area contributed by atoms with Crippen LogP contribution >= 0.6 is 71.0 Å². The summed E-state index contributed by atoms with van der Waals surface area (Å²) < 4.78 is 38.7. The molecule has 62 heavy (non-hydrogen) atoms. The van der Waals surface area contributed by atoms with Crippen LogP contribution in [0.3, 0.4) is 0 Å². The Bertz CT molecular complexity index is 2930. The van der Waals surface area contributed by atoms with Crippen LogP contribution in [0.15, 0.2) is 110 Å². The molecule has 6 aromatic carbocycles. The summed E-state index contributed by atoms with van der Waals surface area (Å²) in [6.07, 6.45) is 0. The maximum absolute atomic E-state index is 11.9. The third kappa shape index (κ3) is 10.0. The summed E-state index contributed by atoms with van der Waals surface area (Å²) in [6, 6.07) is 29.5. The smallest absolute Gasteiger partial charge is 0.339 e. The number of fused-ring (bicyclic) bond motifs is 4. The molecular formula is C46H38Br3Cl2N3O8. The first-order valence-electron chi connectivity index (χ1n) is 18.3. The Morgan fingerprint density at radius 2 is 1.05 bits per heavy atom. The maximum Gasteiger partial charge on any atom is 0.339 e. The van der Waals surface area contributed by atoms with E-state index in [4.69, 9.17) is 56.4 Å². The highest BCUT2D eigenvalue weighted by atomic mass is 79.9. The lowest BCUT2D eigenvalue weighted by Crippen LogP contribution is -2.06. The van der Waals surface area contributed by atoms with Gasteiger partial charge in [0.25, 0.3) is 0 Å². The van der Waals surface area contributed by atoms with E-state index in [0.717, 1.165) is 91.5 Å². The zero-order chi connectivity index (χ0) is 44.7. The van der Waals surface area contributed by atoms with E-state index in [1.54, 1.807) is 60.9 Å². The second-order valence-corrected chi connectivity index (χ2v) is 16.2. The van der Waals surface area contributed by atoms with Crippen LogP contribution in [0.1, 0.15) is 10.4 Å². The van der Waals surface area contributed by atoms with Gasteiger partial charge in [-0.3, -0.25) is 0 Å². The molecule has 0 saturated heterocycles. The molecule has 11 nitrogen and oxygen atoms in total. The Labute approximate surface area is 392 Å². The first kappa shape index (κ1) is 46.3. The number of ether oxygens (including phenoxy) is 7. The quantitative estimate of drug-likeness (QED) is 0.110. The summed E-state index contributed by atoms with van der Waals surface area (Å²) in [6.45, 7) is 0. The molecule has 8 rings (SSSR count).